The van der Waals surface area contributed by atoms with Crippen molar-refractivity contribution in [2.24, 2.45) is 11.8 Å². The van der Waals surface area contributed by atoms with Gasteiger partial charge in [0.25, 0.3) is 5.91 Å². The van der Waals surface area contributed by atoms with Crippen molar-refractivity contribution in [3.05, 3.63) is 33.8 Å². The Hall–Kier alpha value is -3.10. The first-order valence-electron chi connectivity index (χ1n) is 12.0. The van der Waals surface area contributed by atoms with E-state index in [1.54, 1.807) is 22.9 Å². The highest BCUT2D eigenvalue weighted by Crippen LogP contribution is 2.40. The first-order valence-corrected chi connectivity index (χ1v) is 12.0. The van der Waals surface area contributed by atoms with Crippen molar-refractivity contribution in [3.63, 3.8) is 0 Å². The van der Waals surface area contributed by atoms with E-state index >= 15 is 0 Å². The van der Waals surface area contributed by atoms with Gasteiger partial charge in [-0.3, -0.25) is 9.59 Å². The number of aromatic amines is 1. The predicted molar refractivity (Wildman–Crippen MR) is 122 cm³/mol. The highest BCUT2D eigenvalue weighted by Gasteiger charge is 2.39. The first-order chi connectivity index (χ1) is 15.8. The fourth-order valence-electron chi connectivity index (χ4n) is 4.90. The molecule has 2 amide bonds. The molecule has 33 heavy (non-hydrogen) atoms. The zero-order chi connectivity index (χ0) is 23.3. The minimum atomic E-state index is -0.611. The van der Waals surface area contributed by atoms with E-state index in [-0.39, 0.29) is 29.3 Å². The highest BCUT2D eigenvalue weighted by molar-refractivity contribution is 5.96. The van der Waals surface area contributed by atoms with Crippen LogP contribution in [0.25, 0.3) is 11.7 Å². The standard InChI is InChI=1S/C24H31N5O4/c1-14(2)13-28-22-16(7-10-19(30)27-11-3-4-18(27)15-5-6-15)12-25-29(22)24(33)20(23(28)32)21(31)26-17-8-9-17/h7,10,12,14-15,17-18H,3-6,8-9,11,13H2,1-2H3,(H2,26,31,32,33)/p+1/b10-7+. The average Bonchev–Trinajstić information content (AvgIpc) is 3.69. The van der Waals surface area contributed by atoms with Gasteiger partial charge >= 0.3 is 17.1 Å². The van der Waals surface area contributed by atoms with Crippen LogP contribution in [0.1, 0.15) is 68.3 Å². The number of aromatic hydroxyl groups is 1. The smallest absolute Gasteiger partial charge is 0.378 e. The molecule has 0 spiro atoms. The maximum Gasteiger partial charge on any atom is 0.378 e. The van der Waals surface area contributed by atoms with Gasteiger partial charge in [0, 0.05) is 24.7 Å². The molecule has 176 valence electrons. The van der Waals surface area contributed by atoms with Crippen molar-refractivity contribution in [2.45, 2.75) is 71.0 Å². The van der Waals surface area contributed by atoms with Crippen molar-refractivity contribution in [3.8, 4) is 5.88 Å². The van der Waals surface area contributed by atoms with Gasteiger partial charge in [0.2, 0.25) is 11.5 Å². The number of likely N-dealkylation sites (tertiary alicyclic amines) is 1. The van der Waals surface area contributed by atoms with Gasteiger partial charge in [-0.05, 0) is 56.4 Å². The van der Waals surface area contributed by atoms with E-state index in [1.807, 2.05) is 18.7 Å². The molecule has 1 atom stereocenters. The molecule has 2 aromatic rings. The SMILES string of the molecule is CC(C)C[n+]1c(O)c(C(=O)NC2CC2)c(=O)n2[nH]cc(/C=C/C(=O)N3CCCC3C3CC3)c21. The summed E-state index contributed by atoms with van der Waals surface area (Å²) in [6.07, 6.45) is 11.1. The number of amides is 2. The van der Waals surface area contributed by atoms with Gasteiger partial charge in [-0.2, -0.15) is 4.57 Å². The monoisotopic (exact) mass is 454 g/mol. The molecule has 5 rings (SSSR count). The Bertz CT molecular complexity index is 1190. The lowest BCUT2D eigenvalue weighted by molar-refractivity contribution is -0.686. The number of aromatic nitrogens is 3. The van der Waals surface area contributed by atoms with Gasteiger partial charge in [0.15, 0.2) is 0 Å². The number of carbonyl (C=O) groups is 2. The topological polar surface area (TPSA) is 111 Å². The molecule has 3 fully saturated rings. The number of carbonyl (C=O) groups excluding carboxylic acids is 2. The van der Waals surface area contributed by atoms with Crippen LogP contribution in [0.3, 0.4) is 0 Å². The number of hydrogen-bond donors (Lipinski definition) is 3. The van der Waals surface area contributed by atoms with Crippen LogP contribution in [0.2, 0.25) is 0 Å². The zero-order valence-corrected chi connectivity index (χ0v) is 19.2. The summed E-state index contributed by atoms with van der Waals surface area (Å²) in [7, 11) is 0. The maximum absolute atomic E-state index is 13.1. The number of nitrogens with zero attached hydrogens (tertiary/aromatic N) is 3. The molecule has 3 N–H and O–H groups in total. The van der Waals surface area contributed by atoms with Crippen LogP contribution in [-0.2, 0) is 11.3 Å². The summed E-state index contributed by atoms with van der Waals surface area (Å²) in [5, 5.41) is 16.7. The highest BCUT2D eigenvalue weighted by atomic mass is 16.3. The van der Waals surface area contributed by atoms with Crippen molar-refractivity contribution in [2.75, 3.05) is 6.54 Å². The predicted octanol–water partition coefficient (Wildman–Crippen LogP) is 1.58. The lowest BCUT2D eigenvalue weighted by Crippen LogP contribution is -2.46. The summed E-state index contributed by atoms with van der Waals surface area (Å²) < 4.78 is 2.86. The van der Waals surface area contributed by atoms with Gasteiger partial charge < -0.3 is 15.3 Å². The second-order valence-electron chi connectivity index (χ2n) is 10.1. The minimum absolute atomic E-state index is 0.0221. The Morgan fingerprint density at radius 1 is 1.27 bits per heavy atom. The third kappa shape index (κ3) is 4.16. The van der Waals surface area contributed by atoms with Crippen LogP contribution >= 0.6 is 0 Å². The third-order valence-electron chi connectivity index (χ3n) is 6.81. The van der Waals surface area contributed by atoms with Gasteiger partial charge in [-0.25, -0.2) is 9.89 Å². The summed E-state index contributed by atoms with van der Waals surface area (Å²) in [5.41, 5.74) is 0.156. The van der Waals surface area contributed by atoms with Gasteiger partial charge in [-0.15, -0.1) is 0 Å². The number of hydrogen-bond acceptors (Lipinski definition) is 4. The van der Waals surface area contributed by atoms with Crippen molar-refractivity contribution >= 4 is 23.5 Å². The summed E-state index contributed by atoms with van der Waals surface area (Å²) in [5.74, 6) is -0.137. The van der Waals surface area contributed by atoms with Crippen molar-refractivity contribution < 1.29 is 19.3 Å². The molecule has 9 heteroatoms. The molecule has 2 saturated carbocycles. The molecule has 2 aromatic heterocycles. The molecule has 2 aliphatic carbocycles. The van der Waals surface area contributed by atoms with E-state index < -0.39 is 11.5 Å². The van der Waals surface area contributed by atoms with Crippen molar-refractivity contribution in [1.82, 2.24) is 19.8 Å². The van der Waals surface area contributed by atoms with Crippen LogP contribution < -0.4 is 15.4 Å². The third-order valence-corrected chi connectivity index (χ3v) is 6.81. The molecule has 0 bridgehead atoms. The van der Waals surface area contributed by atoms with Gasteiger partial charge in [0.1, 0.15) is 0 Å². The first kappa shape index (κ1) is 21.7. The quantitative estimate of drug-likeness (QED) is 0.436. The van der Waals surface area contributed by atoms with Gasteiger partial charge in [-0.1, -0.05) is 18.4 Å². The summed E-state index contributed by atoms with van der Waals surface area (Å²) in [4.78, 5) is 40.7. The fraction of sp³-hybridized carbons (Fsp3) is 0.583. The lowest BCUT2D eigenvalue weighted by Gasteiger charge is -2.23. The molecule has 3 aliphatic rings. The fourth-order valence-corrected chi connectivity index (χ4v) is 4.90. The average molecular weight is 455 g/mol. The number of fused-ring (bicyclic) bond motifs is 1. The molecule has 0 aromatic carbocycles. The Labute approximate surface area is 192 Å². The second kappa shape index (κ2) is 8.35. The summed E-state index contributed by atoms with van der Waals surface area (Å²) in [6.45, 7) is 5.18. The Morgan fingerprint density at radius 2 is 2.03 bits per heavy atom. The molecule has 3 heterocycles. The second-order valence-corrected chi connectivity index (χ2v) is 10.1. The Morgan fingerprint density at radius 3 is 2.70 bits per heavy atom. The van der Waals surface area contributed by atoms with Crippen LogP contribution in [0, 0.1) is 11.8 Å². The maximum atomic E-state index is 13.1. The molecule has 1 unspecified atom stereocenters. The Balaban J connectivity index is 1.51. The van der Waals surface area contributed by atoms with Gasteiger partial charge in [0.05, 0.1) is 18.3 Å². The summed E-state index contributed by atoms with van der Waals surface area (Å²) >= 11 is 0. The van der Waals surface area contributed by atoms with E-state index in [2.05, 4.69) is 10.4 Å². The Kier molecular flexibility index (Phi) is 5.50. The van der Waals surface area contributed by atoms with E-state index in [1.165, 1.54) is 17.4 Å². The van der Waals surface area contributed by atoms with E-state index in [4.69, 9.17) is 0 Å². The largest absolute Gasteiger partial charge is 0.477 e. The van der Waals surface area contributed by atoms with E-state index in [0.717, 1.165) is 32.2 Å². The minimum Gasteiger partial charge on any atom is -0.477 e. The normalized spacial score (nSPS) is 20.9. The molecular weight excluding hydrogens is 422 g/mol. The van der Waals surface area contributed by atoms with E-state index in [9.17, 15) is 19.5 Å². The van der Waals surface area contributed by atoms with Crippen LogP contribution in [-0.4, -0.2) is 50.1 Å². The summed E-state index contributed by atoms with van der Waals surface area (Å²) in [6, 6.07) is 0.406. The number of H-pyrrole nitrogens is 1. The lowest BCUT2D eigenvalue weighted by atomic mass is 10.1. The molecule has 1 aliphatic heterocycles. The zero-order valence-electron chi connectivity index (χ0n) is 19.2. The molecule has 9 nitrogen and oxygen atoms in total. The number of rotatable bonds is 7. The van der Waals surface area contributed by atoms with E-state index in [0.29, 0.717) is 29.7 Å². The number of nitrogens with one attached hydrogen (secondary N) is 2. The van der Waals surface area contributed by atoms with Crippen LogP contribution in [0.5, 0.6) is 5.88 Å². The molecular formula is C24H32N5O4+. The van der Waals surface area contributed by atoms with Crippen LogP contribution in [0.15, 0.2) is 17.1 Å². The van der Waals surface area contributed by atoms with Crippen molar-refractivity contribution in [1.29, 1.82) is 0 Å². The van der Waals surface area contributed by atoms with Crippen LogP contribution in [0.4, 0.5) is 0 Å². The molecule has 0 radical (unpaired) electrons. The molecule has 1 saturated heterocycles.